The van der Waals surface area contributed by atoms with Gasteiger partial charge in [-0.05, 0) is 53.6 Å². The summed E-state index contributed by atoms with van der Waals surface area (Å²) in [7, 11) is 0. The number of aromatic nitrogens is 1. The van der Waals surface area contributed by atoms with Crippen molar-refractivity contribution in [3.63, 3.8) is 0 Å². The summed E-state index contributed by atoms with van der Waals surface area (Å²) in [4.78, 5) is 11.3. The van der Waals surface area contributed by atoms with E-state index < -0.39 is 0 Å². The molecule has 4 aromatic carbocycles. The number of aryl methyl sites for hydroxylation is 1. The van der Waals surface area contributed by atoms with Crippen LogP contribution in [-0.4, -0.2) is 4.98 Å². The molecule has 1 aromatic heterocycles. The average Bonchev–Trinajstić information content (AvgIpc) is 2.83. The van der Waals surface area contributed by atoms with Crippen molar-refractivity contribution in [2.75, 3.05) is 5.06 Å². The highest BCUT2D eigenvalue weighted by Crippen LogP contribution is 2.47. The van der Waals surface area contributed by atoms with E-state index in [4.69, 9.17) is 9.82 Å². The lowest BCUT2D eigenvalue weighted by atomic mass is 9.97. The second-order valence-electron chi connectivity index (χ2n) is 7.78. The molecule has 0 aliphatic carbocycles. The molecule has 0 unspecified atom stereocenters. The Morgan fingerprint density at radius 3 is 2.16 bits per heavy atom. The van der Waals surface area contributed by atoms with Crippen molar-refractivity contribution in [3.8, 4) is 28.1 Å². The number of anilines is 2. The van der Waals surface area contributed by atoms with Gasteiger partial charge < -0.3 is 4.84 Å². The van der Waals surface area contributed by atoms with Crippen molar-refractivity contribution in [2.45, 2.75) is 6.92 Å². The third-order valence-corrected chi connectivity index (χ3v) is 5.86. The van der Waals surface area contributed by atoms with Crippen molar-refractivity contribution < 1.29 is 4.84 Å². The molecule has 1 aliphatic rings. The quantitative estimate of drug-likeness (QED) is 0.310. The van der Waals surface area contributed by atoms with Gasteiger partial charge in [0.25, 0.3) is 0 Å². The maximum atomic E-state index is 6.55. The third-order valence-electron chi connectivity index (χ3n) is 5.86. The van der Waals surface area contributed by atoms with Gasteiger partial charge in [-0.3, -0.25) is 4.98 Å². The molecular formula is C28H20N2O. The van der Waals surface area contributed by atoms with Gasteiger partial charge in [0.05, 0.1) is 11.4 Å². The lowest BCUT2D eigenvalue weighted by Crippen LogP contribution is -2.26. The number of hydrogen-bond acceptors (Lipinski definition) is 3. The number of nitrogens with zero attached hydrogens (tertiary/aromatic N) is 2. The zero-order valence-electron chi connectivity index (χ0n) is 17.1. The molecule has 148 valence electrons. The van der Waals surface area contributed by atoms with Crippen LogP contribution in [0.2, 0.25) is 0 Å². The highest BCUT2D eigenvalue weighted by Gasteiger charge is 2.27. The molecule has 0 atom stereocenters. The Bertz CT molecular complexity index is 1440. The highest BCUT2D eigenvalue weighted by molar-refractivity contribution is 5.96. The van der Waals surface area contributed by atoms with Gasteiger partial charge in [-0.15, -0.1) is 0 Å². The number of pyridine rings is 1. The Kier molecular flexibility index (Phi) is 4.00. The van der Waals surface area contributed by atoms with E-state index in [-0.39, 0.29) is 0 Å². The van der Waals surface area contributed by atoms with Crippen molar-refractivity contribution in [2.24, 2.45) is 0 Å². The van der Waals surface area contributed by atoms with Gasteiger partial charge in [0.1, 0.15) is 5.69 Å². The summed E-state index contributed by atoms with van der Waals surface area (Å²) in [6.07, 6.45) is 1.84. The van der Waals surface area contributed by atoms with Crippen LogP contribution < -0.4 is 9.90 Å². The fraction of sp³-hybridized carbons (Fsp3) is 0.0357. The summed E-state index contributed by atoms with van der Waals surface area (Å²) >= 11 is 0. The molecular weight excluding hydrogens is 380 g/mol. The standard InChI is InChI=1S/C28H20N2O/c1-19-9-2-5-12-22(19)28-26(15-8-16-29-28)30-25-14-7-6-13-23(25)24-17-20-10-3-4-11-21(20)18-27(24)31-30/h2-18H,1H3. The van der Waals surface area contributed by atoms with Crippen LogP contribution in [0.25, 0.3) is 33.2 Å². The summed E-state index contributed by atoms with van der Waals surface area (Å²) < 4.78 is 0. The van der Waals surface area contributed by atoms with Crippen molar-refractivity contribution in [3.05, 3.63) is 109 Å². The lowest BCUT2D eigenvalue weighted by Gasteiger charge is -2.33. The monoisotopic (exact) mass is 400 g/mol. The summed E-state index contributed by atoms with van der Waals surface area (Å²) in [5.41, 5.74) is 7.36. The predicted molar refractivity (Wildman–Crippen MR) is 127 cm³/mol. The maximum Gasteiger partial charge on any atom is 0.164 e. The smallest absolute Gasteiger partial charge is 0.164 e. The van der Waals surface area contributed by atoms with Gasteiger partial charge in [-0.25, -0.2) is 0 Å². The first-order chi connectivity index (χ1) is 15.3. The molecule has 0 amide bonds. The number of rotatable bonds is 2. The minimum absolute atomic E-state index is 0.844. The van der Waals surface area contributed by atoms with Crippen LogP contribution in [0, 0.1) is 6.92 Å². The van der Waals surface area contributed by atoms with E-state index in [1.165, 1.54) is 10.9 Å². The zero-order chi connectivity index (χ0) is 20.8. The van der Waals surface area contributed by atoms with E-state index in [0.717, 1.165) is 44.9 Å². The summed E-state index contributed by atoms with van der Waals surface area (Å²) in [5, 5.41) is 4.28. The maximum absolute atomic E-state index is 6.55. The first-order valence-electron chi connectivity index (χ1n) is 10.4. The molecule has 31 heavy (non-hydrogen) atoms. The topological polar surface area (TPSA) is 25.4 Å². The number of fused-ring (bicyclic) bond motifs is 4. The Morgan fingerprint density at radius 2 is 1.32 bits per heavy atom. The highest BCUT2D eigenvalue weighted by atomic mass is 16.7. The predicted octanol–water partition coefficient (Wildman–Crippen LogP) is 7.32. The first-order valence-corrected chi connectivity index (χ1v) is 10.4. The Balaban J connectivity index is 1.58. The summed E-state index contributed by atoms with van der Waals surface area (Å²) in [6, 6.07) is 33.4. The Labute approximate surface area is 181 Å². The van der Waals surface area contributed by atoms with Gasteiger partial charge in [0.2, 0.25) is 0 Å². The minimum atomic E-state index is 0.844. The van der Waals surface area contributed by atoms with Crippen LogP contribution in [0.3, 0.4) is 0 Å². The van der Waals surface area contributed by atoms with Crippen LogP contribution in [0.4, 0.5) is 11.4 Å². The summed E-state index contributed by atoms with van der Waals surface area (Å²) in [5.74, 6) is 0.844. The molecule has 0 fully saturated rings. The molecule has 0 bridgehead atoms. The number of hydrogen-bond donors (Lipinski definition) is 0. The van der Waals surface area contributed by atoms with Gasteiger partial charge in [0.15, 0.2) is 5.75 Å². The summed E-state index contributed by atoms with van der Waals surface area (Å²) in [6.45, 7) is 2.11. The number of para-hydroxylation sites is 1. The Morgan fingerprint density at radius 1 is 0.645 bits per heavy atom. The van der Waals surface area contributed by atoms with Crippen LogP contribution >= 0.6 is 0 Å². The Hall–Kier alpha value is -4.11. The van der Waals surface area contributed by atoms with Crippen LogP contribution in [0.15, 0.2) is 103 Å². The molecule has 6 rings (SSSR count). The number of benzene rings is 4. The van der Waals surface area contributed by atoms with E-state index in [1.807, 2.05) is 29.5 Å². The molecule has 0 radical (unpaired) electrons. The zero-order valence-corrected chi connectivity index (χ0v) is 17.1. The van der Waals surface area contributed by atoms with E-state index >= 15 is 0 Å². The molecule has 0 saturated heterocycles. The van der Waals surface area contributed by atoms with Crippen LogP contribution in [0.1, 0.15) is 5.56 Å². The fourth-order valence-corrected chi connectivity index (χ4v) is 4.32. The molecule has 5 aromatic rings. The van der Waals surface area contributed by atoms with E-state index in [2.05, 4.69) is 85.8 Å². The van der Waals surface area contributed by atoms with E-state index in [1.54, 1.807) is 0 Å². The molecule has 0 N–H and O–H groups in total. The lowest BCUT2D eigenvalue weighted by molar-refractivity contribution is 0.321. The van der Waals surface area contributed by atoms with Crippen molar-refractivity contribution in [1.82, 2.24) is 4.98 Å². The van der Waals surface area contributed by atoms with Crippen molar-refractivity contribution >= 4 is 22.1 Å². The normalized spacial score (nSPS) is 12.2. The average molecular weight is 400 g/mol. The second kappa shape index (κ2) is 6.99. The van der Waals surface area contributed by atoms with E-state index in [0.29, 0.717) is 0 Å². The molecule has 2 heterocycles. The van der Waals surface area contributed by atoms with Gasteiger partial charge in [0, 0.05) is 22.9 Å². The van der Waals surface area contributed by atoms with Gasteiger partial charge in [-0.2, -0.15) is 5.06 Å². The molecule has 1 aliphatic heterocycles. The largest absolute Gasteiger partial charge is 0.374 e. The second-order valence-corrected chi connectivity index (χ2v) is 7.78. The fourth-order valence-electron chi connectivity index (χ4n) is 4.32. The van der Waals surface area contributed by atoms with Gasteiger partial charge >= 0.3 is 0 Å². The third kappa shape index (κ3) is 2.86. The SMILES string of the molecule is Cc1ccccc1-c1ncccc1N1Oc2cc3ccccc3cc2-c2ccccc21. The van der Waals surface area contributed by atoms with Crippen LogP contribution in [0.5, 0.6) is 5.75 Å². The molecule has 3 nitrogen and oxygen atoms in total. The van der Waals surface area contributed by atoms with Crippen LogP contribution in [-0.2, 0) is 0 Å². The van der Waals surface area contributed by atoms with Crippen molar-refractivity contribution in [1.29, 1.82) is 0 Å². The molecule has 3 heteroatoms. The molecule has 0 spiro atoms. The molecule has 0 saturated carbocycles. The first kappa shape index (κ1) is 17.7. The minimum Gasteiger partial charge on any atom is -0.374 e. The van der Waals surface area contributed by atoms with E-state index in [9.17, 15) is 0 Å². The van der Waals surface area contributed by atoms with Gasteiger partial charge in [-0.1, -0.05) is 66.7 Å².